The minimum absolute atomic E-state index is 0.141. The van der Waals surface area contributed by atoms with E-state index in [9.17, 15) is 14.4 Å². The maximum atomic E-state index is 14.2. The lowest BCUT2D eigenvalue weighted by molar-refractivity contribution is -0.0264. The van der Waals surface area contributed by atoms with Crippen LogP contribution >= 0.6 is 0 Å². The zero-order valence-electron chi connectivity index (χ0n) is 19.0. The number of alkyl halides is 1. The number of anilines is 1. The molecule has 2 aliphatic rings. The normalized spacial score (nSPS) is 25.5. The third-order valence-corrected chi connectivity index (χ3v) is 6.81. The minimum atomic E-state index is -1.66. The molecule has 2 unspecified atom stereocenters. The molecular formula is C24H26FN5O3. The number of benzene rings is 1. The zero-order chi connectivity index (χ0) is 23.4. The van der Waals surface area contributed by atoms with Gasteiger partial charge in [-0.1, -0.05) is 12.1 Å². The first-order valence-corrected chi connectivity index (χ1v) is 11.1. The van der Waals surface area contributed by atoms with E-state index < -0.39 is 17.4 Å². The Morgan fingerprint density at radius 1 is 1.30 bits per heavy atom. The van der Waals surface area contributed by atoms with Crippen LogP contribution in [0.2, 0.25) is 0 Å². The fraction of sp³-hybridized carbons (Fsp3) is 0.500. The van der Waals surface area contributed by atoms with Crippen LogP contribution in [0.1, 0.15) is 57.7 Å². The van der Waals surface area contributed by atoms with Crippen molar-refractivity contribution in [1.29, 1.82) is 5.26 Å². The largest absolute Gasteiger partial charge is 0.441 e. The lowest BCUT2D eigenvalue weighted by Crippen LogP contribution is -2.45. The first kappa shape index (κ1) is 21.4. The van der Waals surface area contributed by atoms with Crippen molar-refractivity contribution in [2.75, 3.05) is 11.4 Å². The highest BCUT2D eigenvalue weighted by Gasteiger charge is 2.52. The van der Waals surface area contributed by atoms with Crippen LogP contribution in [0.3, 0.4) is 0 Å². The van der Waals surface area contributed by atoms with Gasteiger partial charge in [-0.25, -0.2) is 19.1 Å². The molecule has 2 aromatic heterocycles. The monoisotopic (exact) mass is 451 g/mol. The first-order chi connectivity index (χ1) is 15.6. The van der Waals surface area contributed by atoms with Gasteiger partial charge in [-0.3, -0.25) is 0 Å². The number of imidazole rings is 1. The molecule has 1 aliphatic carbocycles. The third kappa shape index (κ3) is 3.84. The molecule has 1 aromatic carbocycles. The number of nitriles is 1. The zero-order valence-corrected chi connectivity index (χ0v) is 19.0. The van der Waals surface area contributed by atoms with Crippen molar-refractivity contribution in [1.82, 2.24) is 14.7 Å². The Morgan fingerprint density at radius 3 is 2.85 bits per heavy atom. The van der Waals surface area contributed by atoms with Crippen molar-refractivity contribution in [3.63, 3.8) is 0 Å². The lowest BCUT2D eigenvalue weighted by atomic mass is 9.68. The fourth-order valence-corrected chi connectivity index (χ4v) is 5.28. The molecule has 5 rings (SSSR count). The second kappa shape index (κ2) is 7.30. The van der Waals surface area contributed by atoms with Gasteiger partial charge < -0.3 is 13.8 Å². The minimum Gasteiger partial charge on any atom is -0.441 e. The molecule has 2 atom stereocenters. The molecule has 0 bridgehead atoms. The van der Waals surface area contributed by atoms with E-state index >= 15 is 0 Å². The second-order valence-electron chi connectivity index (χ2n) is 10.2. The van der Waals surface area contributed by atoms with E-state index in [1.807, 2.05) is 12.1 Å². The number of aromatic nitrogens is 3. The summed E-state index contributed by atoms with van der Waals surface area (Å²) in [5, 5.41) is 13.0. The van der Waals surface area contributed by atoms with E-state index in [4.69, 9.17) is 9.26 Å². The van der Waals surface area contributed by atoms with Gasteiger partial charge in [0, 0.05) is 12.6 Å². The molecule has 9 heteroatoms. The van der Waals surface area contributed by atoms with Crippen molar-refractivity contribution in [3.05, 3.63) is 41.9 Å². The first-order valence-electron chi connectivity index (χ1n) is 11.1. The summed E-state index contributed by atoms with van der Waals surface area (Å²) < 4.78 is 27.5. The highest BCUT2D eigenvalue weighted by Crippen LogP contribution is 2.48. The second-order valence-corrected chi connectivity index (χ2v) is 10.2. The summed E-state index contributed by atoms with van der Waals surface area (Å²) in [4.78, 5) is 18.6. The van der Waals surface area contributed by atoms with Crippen molar-refractivity contribution in [3.8, 4) is 6.07 Å². The van der Waals surface area contributed by atoms with E-state index in [1.165, 1.54) is 24.8 Å². The molecule has 3 heterocycles. The Kier molecular flexibility index (Phi) is 4.74. The average Bonchev–Trinajstić information content (AvgIpc) is 3.45. The maximum absolute atomic E-state index is 14.2. The van der Waals surface area contributed by atoms with E-state index in [0.717, 1.165) is 30.3 Å². The Morgan fingerprint density at radius 2 is 2.12 bits per heavy atom. The number of rotatable bonds is 4. The maximum Gasteiger partial charge on any atom is 0.417 e. The molecule has 2 fully saturated rings. The van der Waals surface area contributed by atoms with Crippen LogP contribution in [0, 0.1) is 16.7 Å². The van der Waals surface area contributed by atoms with E-state index in [1.54, 1.807) is 12.4 Å². The van der Waals surface area contributed by atoms with Gasteiger partial charge >= 0.3 is 6.09 Å². The number of halogens is 1. The quantitative estimate of drug-likeness (QED) is 0.549. The van der Waals surface area contributed by atoms with Gasteiger partial charge in [0.05, 0.1) is 35.5 Å². The molecule has 3 aromatic rings. The molecule has 1 saturated carbocycles. The van der Waals surface area contributed by atoms with Crippen LogP contribution in [0.15, 0.2) is 35.1 Å². The molecule has 1 spiro atoms. The van der Waals surface area contributed by atoms with Gasteiger partial charge in [0.25, 0.3) is 0 Å². The predicted octanol–water partition coefficient (Wildman–Crippen LogP) is 5.08. The molecule has 8 nitrogen and oxygen atoms in total. The topological polar surface area (TPSA) is 97.2 Å². The summed E-state index contributed by atoms with van der Waals surface area (Å²) in [6, 6.07) is 9.13. The van der Waals surface area contributed by atoms with Crippen molar-refractivity contribution in [2.45, 2.75) is 64.3 Å². The number of carbonyl (C=O) groups is 1. The van der Waals surface area contributed by atoms with Crippen LogP contribution in [0.5, 0.6) is 0 Å². The third-order valence-electron chi connectivity index (χ3n) is 6.81. The Hall–Kier alpha value is -3.41. The molecule has 1 amide bonds. The summed E-state index contributed by atoms with van der Waals surface area (Å²) >= 11 is 0. The molecule has 0 N–H and O–H groups in total. The SMILES string of the molecule is CC1(Cn2cnc3ccc(C#N)cc32)CCCC2(CN(c3cc(C(C)(C)F)no3)C(=O)O2)C1. The summed E-state index contributed by atoms with van der Waals surface area (Å²) in [5.74, 6) is 0.203. The van der Waals surface area contributed by atoms with Crippen molar-refractivity contribution < 1.29 is 18.4 Å². The van der Waals surface area contributed by atoms with Gasteiger partial charge in [-0.2, -0.15) is 5.26 Å². The van der Waals surface area contributed by atoms with Gasteiger partial charge in [-0.05, 0) is 63.1 Å². The summed E-state index contributed by atoms with van der Waals surface area (Å²) in [7, 11) is 0. The van der Waals surface area contributed by atoms with Gasteiger partial charge in [0.1, 0.15) is 11.3 Å². The standard InChI is InChI=1S/C24H26FN5O3/c1-22(2,25)19-10-20(33-28-19)30-14-24(32-21(30)31)8-4-7-23(3,12-24)13-29-15-27-17-6-5-16(11-26)9-18(17)29/h5-6,9-10,15H,4,7-8,12-14H2,1-3H3. The molecular weight excluding hydrogens is 425 g/mol. The van der Waals surface area contributed by atoms with Crippen LogP contribution in [-0.2, 0) is 17.0 Å². The smallest absolute Gasteiger partial charge is 0.417 e. The predicted molar refractivity (Wildman–Crippen MR) is 118 cm³/mol. The van der Waals surface area contributed by atoms with Gasteiger partial charge in [0.15, 0.2) is 5.67 Å². The highest BCUT2D eigenvalue weighted by atomic mass is 19.1. The van der Waals surface area contributed by atoms with Gasteiger partial charge in [-0.15, -0.1) is 0 Å². The summed E-state index contributed by atoms with van der Waals surface area (Å²) in [6.07, 6.45) is 4.63. The van der Waals surface area contributed by atoms with Crippen molar-refractivity contribution in [2.24, 2.45) is 5.41 Å². The molecule has 172 valence electrons. The van der Waals surface area contributed by atoms with Gasteiger partial charge in [0.2, 0.25) is 5.88 Å². The Bertz CT molecular complexity index is 1270. The number of carbonyl (C=O) groups excluding carboxylic acids is 1. The Labute approximate surface area is 190 Å². The van der Waals surface area contributed by atoms with Crippen LogP contribution in [0.4, 0.5) is 15.1 Å². The number of fused-ring (bicyclic) bond motifs is 1. The molecule has 1 aliphatic heterocycles. The number of ether oxygens (including phenoxy) is 1. The van der Waals surface area contributed by atoms with E-state index in [2.05, 4.69) is 27.7 Å². The number of hydrogen-bond acceptors (Lipinski definition) is 6. The Balaban J connectivity index is 1.38. The highest BCUT2D eigenvalue weighted by molar-refractivity contribution is 5.88. The fourth-order valence-electron chi connectivity index (χ4n) is 5.28. The van der Waals surface area contributed by atoms with Crippen LogP contribution in [0.25, 0.3) is 11.0 Å². The number of nitrogens with zero attached hydrogens (tertiary/aromatic N) is 5. The summed E-state index contributed by atoms with van der Waals surface area (Å²) in [6.45, 7) is 6.02. The lowest BCUT2D eigenvalue weighted by Gasteiger charge is -2.43. The van der Waals surface area contributed by atoms with Crippen LogP contribution < -0.4 is 4.90 Å². The van der Waals surface area contributed by atoms with E-state index in [-0.39, 0.29) is 17.0 Å². The average molecular weight is 452 g/mol. The molecule has 1 saturated heterocycles. The molecule has 0 radical (unpaired) electrons. The van der Waals surface area contributed by atoms with Crippen LogP contribution in [-0.4, -0.2) is 32.9 Å². The number of amides is 1. The number of hydrogen-bond donors (Lipinski definition) is 0. The van der Waals surface area contributed by atoms with Crippen molar-refractivity contribution >= 4 is 23.0 Å². The summed E-state index contributed by atoms with van der Waals surface area (Å²) in [5.41, 5.74) is 0.0583. The molecule has 33 heavy (non-hydrogen) atoms. The van der Waals surface area contributed by atoms with E-state index in [0.29, 0.717) is 25.1 Å².